The topological polar surface area (TPSA) is 62.3 Å². The number of nitrogens with zero attached hydrogens (tertiary/aromatic N) is 3. The van der Waals surface area contributed by atoms with Crippen LogP contribution in [0.1, 0.15) is 19.3 Å². The third-order valence-corrected chi connectivity index (χ3v) is 4.82. The quantitative estimate of drug-likeness (QED) is 0.607. The molecule has 3 aromatic rings. The lowest BCUT2D eigenvalue weighted by Crippen LogP contribution is -2.31. The molecule has 2 N–H and O–H groups in total. The predicted molar refractivity (Wildman–Crippen MR) is 114 cm³/mol. The monoisotopic (exact) mass is 393 g/mol. The summed E-state index contributed by atoms with van der Waals surface area (Å²) in [6, 6.07) is 16.4. The summed E-state index contributed by atoms with van der Waals surface area (Å²) >= 11 is 0. The van der Waals surface area contributed by atoms with Crippen LogP contribution in [0.3, 0.4) is 0 Å². The van der Waals surface area contributed by atoms with Crippen LogP contribution in [-0.2, 0) is 0 Å². The Morgan fingerprint density at radius 1 is 0.862 bits per heavy atom. The summed E-state index contributed by atoms with van der Waals surface area (Å²) < 4.78 is 19.1. The van der Waals surface area contributed by atoms with Crippen LogP contribution in [0.2, 0.25) is 0 Å². The minimum Gasteiger partial charge on any atom is -0.494 e. The number of methoxy groups -OCH3 is 1. The average Bonchev–Trinajstić information content (AvgIpc) is 2.75. The van der Waals surface area contributed by atoms with Crippen molar-refractivity contribution in [3.63, 3.8) is 0 Å². The van der Waals surface area contributed by atoms with Gasteiger partial charge >= 0.3 is 0 Å². The third-order valence-electron chi connectivity index (χ3n) is 4.82. The van der Waals surface area contributed by atoms with Crippen molar-refractivity contribution in [1.29, 1.82) is 0 Å². The Morgan fingerprint density at radius 2 is 1.55 bits per heavy atom. The number of piperidine rings is 1. The number of anilines is 5. The molecular formula is C22H24FN5O. The fraction of sp³-hybridized carbons (Fsp3) is 0.273. The molecule has 1 fully saturated rings. The molecule has 4 rings (SSSR count). The van der Waals surface area contributed by atoms with Crippen LogP contribution in [-0.4, -0.2) is 30.2 Å². The minimum absolute atomic E-state index is 0.207. The second kappa shape index (κ2) is 8.77. The Bertz CT molecular complexity index is 961. The number of nitrogens with one attached hydrogen (secondary N) is 2. The van der Waals surface area contributed by atoms with E-state index < -0.39 is 5.82 Å². The summed E-state index contributed by atoms with van der Waals surface area (Å²) in [5, 5.41) is 6.52. The first kappa shape index (κ1) is 19.0. The number of halogens is 1. The molecule has 1 saturated heterocycles. The van der Waals surface area contributed by atoms with Crippen LogP contribution in [0.25, 0.3) is 0 Å². The smallest absolute Gasteiger partial charge is 0.229 e. The zero-order valence-electron chi connectivity index (χ0n) is 16.4. The highest BCUT2D eigenvalue weighted by Gasteiger charge is 2.16. The second-order valence-electron chi connectivity index (χ2n) is 6.95. The molecule has 2 aromatic carbocycles. The lowest BCUT2D eigenvalue weighted by Gasteiger charge is -2.27. The number of hydrogen-bond acceptors (Lipinski definition) is 6. The van der Waals surface area contributed by atoms with Gasteiger partial charge in [0.2, 0.25) is 5.95 Å². The van der Waals surface area contributed by atoms with E-state index in [2.05, 4.69) is 20.5 Å². The first-order chi connectivity index (χ1) is 14.2. The van der Waals surface area contributed by atoms with E-state index in [0.29, 0.717) is 23.3 Å². The second-order valence-corrected chi connectivity index (χ2v) is 6.95. The van der Waals surface area contributed by atoms with Gasteiger partial charge < -0.3 is 20.3 Å². The van der Waals surface area contributed by atoms with Crippen LogP contribution < -0.4 is 20.3 Å². The zero-order chi connectivity index (χ0) is 20.1. The Balaban J connectivity index is 1.64. The number of hydrogen-bond donors (Lipinski definition) is 2. The van der Waals surface area contributed by atoms with Gasteiger partial charge in [-0.2, -0.15) is 9.97 Å². The first-order valence-corrected chi connectivity index (χ1v) is 9.78. The minimum atomic E-state index is -0.426. The van der Waals surface area contributed by atoms with E-state index in [1.165, 1.54) is 19.6 Å². The highest BCUT2D eigenvalue weighted by atomic mass is 19.1. The highest BCUT2D eigenvalue weighted by molar-refractivity contribution is 5.65. The normalized spacial score (nSPS) is 13.8. The van der Waals surface area contributed by atoms with Crippen molar-refractivity contribution < 1.29 is 9.13 Å². The molecule has 0 bridgehead atoms. The van der Waals surface area contributed by atoms with E-state index in [4.69, 9.17) is 9.72 Å². The summed E-state index contributed by atoms with van der Waals surface area (Å²) in [4.78, 5) is 11.6. The van der Waals surface area contributed by atoms with Crippen LogP contribution in [0.5, 0.6) is 5.75 Å². The van der Waals surface area contributed by atoms with E-state index in [9.17, 15) is 4.39 Å². The zero-order valence-corrected chi connectivity index (χ0v) is 16.4. The molecule has 0 saturated carbocycles. The molecule has 7 heteroatoms. The Labute approximate surface area is 169 Å². The lowest BCUT2D eigenvalue weighted by atomic mass is 10.1. The SMILES string of the molecule is COc1ccc(Nc2cc(Nc3ccccc3)nc(N3CCCCC3)n2)cc1F. The van der Waals surface area contributed by atoms with Crippen LogP contribution in [0.4, 0.5) is 33.3 Å². The molecule has 0 amide bonds. The standard InChI is InChI=1S/C22H24FN5O/c1-29-19-11-10-17(14-18(19)23)25-21-15-20(24-16-8-4-2-5-9-16)26-22(27-21)28-12-6-3-7-13-28/h2,4-5,8-11,14-15H,3,6-7,12-13H2,1H3,(H2,24,25,26,27). The molecule has 0 spiro atoms. The molecular weight excluding hydrogens is 369 g/mol. The van der Waals surface area contributed by atoms with Gasteiger partial charge in [0.15, 0.2) is 11.6 Å². The average molecular weight is 393 g/mol. The largest absolute Gasteiger partial charge is 0.494 e. The third kappa shape index (κ3) is 4.74. The number of ether oxygens (including phenoxy) is 1. The van der Waals surface area contributed by atoms with Gasteiger partial charge in [0.05, 0.1) is 7.11 Å². The fourth-order valence-corrected chi connectivity index (χ4v) is 3.36. The van der Waals surface area contributed by atoms with Gasteiger partial charge in [-0.05, 0) is 43.5 Å². The molecule has 1 aliphatic heterocycles. The molecule has 0 atom stereocenters. The maximum absolute atomic E-state index is 14.1. The van der Waals surface area contributed by atoms with E-state index in [-0.39, 0.29) is 5.75 Å². The summed E-state index contributed by atoms with van der Waals surface area (Å²) in [5.74, 6) is 1.73. The summed E-state index contributed by atoms with van der Waals surface area (Å²) in [6.45, 7) is 1.87. The fourth-order valence-electron chi connectivity index (χ4n) is 3.36. The summed E-state index contributed by atoms with van der Waals surface area (Å²) in [5.41, 5.74) is 1.54. The van der Waals surface area contributed by atoms with Gasteiger partial charge in [-0.1, -0.05) is 18.2 Å². The van der Waals surface area contributed by atoms with E-state index in [0.717, 1.165) is 31.6 Å². The molecule has 0 aliphatic carbocycles. The maximum atomic E-state index is 14.1. The van der Waals surface area contributed by atoms with Crippen molar-refractivity contribution in [2.45, 2.75) is 19.3 Å². The molecule has 6 nitrogen and oxygen atoms in total. The molecule has 1 aliphatic rings. The van der Waals surface area contributed by atoms with Crippen molar-refractivity contribution >= 4 is 29.0 Å². The Hall–Kier alpha value is -3.35. The Morgan fingerprint density at radius 3 is 2.21 bits per heavy atom. The molecule has 1 aromatic heterocycles. The van der Waals surface area contributed by atoms with Gasteiger partial charge in [0, 0.05) is 36.6 Å². The van der Waals surface area contributed by atoms with Gasteiger partial charge in [0.1, 0.15) is 11.6 Å². The number of benzene rings is 2. The molecule has 29 heavy (non-hydrogen) atoms. The van der Waals surface area contributed by atoms with Gasteiger partial charge in [-0.3, -0.25) is 0 Å². The van der Waals surface area contributed by atoms with Crippen LogP contribution >= 0.6 is 0 Å². The van der Waals surface area contributed by atoms with E-state index >= 15 is 0 Å². The van der Waals surface area contributed by atoms with Gasteiger partial charge in [0.25, 0.3) is 0 Å². The summed E-state index contributed by atoms with van der Waals surface area (Å²) in [6.07, 6.45) is 3.49. The number of rotatable bonds is 6. The van der Waals surface area contributed by atoms with Crippen LogP contribution in [0, 0.1) is 5.82 Å². The lowest BCUT2D eigenvalue weighted by molar-refractivity contribution is 0.386. The van der Waals surface area contributed by atoms with Gasteiger partial charge in [-0.25, -0.2) is 4.39 Å². The molecule has 0 radical (unpaired) electrons. The maximum Gasteiger partial charge on any atom is 0.229 e. The first-order valence-electron chi connectivity index (χ1n) is 9.78. The van der Waals surface area contributed by atoms with Crippen molar-refractivity contribution in [3.8, 4) is 5.75 Å². The van der Waals surface area contributed by atoms with Crippen molar-refractivity contribution in [2.24, 2.45) is 0 Å². The highest BCUT2D eigenvalue weighted by Crippen LogP contribution is 2.27. The summed E-state index contributed by atoms with van der Waals surface area (Å²) in [7, 11) is 1.45. The number of para-hydroxylation sites is 1. The van der Waals surface area contributed by atoms with E-state index in [1.807, 2.05) is 36.4 Å². The molecule has 150 valence electrons. The molecule has 0 unspecified atom stereocenters. The van der Waals surface area contributed by atoms with E-state index in [1.54, 1.807) is 12.1 Å². The van der Waals surface area contributed by atoms with Gasteiger partial charge in [-0.15, -0.1) is 0 Å². The Kier molecular flexibility index (Phi) is 5.74. The molecule has 2 heterocycles. The van der Waals surface area contributed by atoms with Crippen molar-refractivity contribution in [3.05, 3.63) is 60.4 Å². The van der Waals surface area contributed by atoms with Crippen molar-refractivity contribution in [1.82, 2.24) is 9.97 Å². The van der Waals surface area contributed by atoms with Crippen LogP contribution in [0.15, 0.2) is 54.6 Å². The number of aromatic nitrogens is 2. The van der Waals surface area contributed by atoms with Crippen molar-refractivity contribution in [2.75, 3.05) is 35.7 Å². The predicted octanol–water partition coefficient (Wildman–Crippen LogP) is 5.10.